The fourth-order valence-corrected chi connectivity index (χ4v) is 3.02. The van der Waals surface area contributed by atoms with Crippen molar-refractivity contribution in [3.8, 4) is 11.5 Å². The highest BCUT2D eigenvalue weighted by atomic mass is 16.6. The Balaban J connectivity index is 2.61. The summed E-state index contributed by atoms with van der Waals surface area (Å²) in [5.74, 6) is 7.29. The van der Waals surface area contributed by atoms with Crippen LogP contribution in [0.5, 0.6) is 11.5 Å². The van der Waals surface area contributed by atoms with E-state index in [9.17, 15) is 4.79 Å². The number of nitrogens with two attached hydrogens (primary N) is 1. The molecule has 2 aromatic carbocycles. The number of hydrogen-bond donors (Lipinski definition) is 1. The maximum absolute atomic E-state index is 12.3. The number of ether oxygens (including phenoxy) is 4. The first kappa shape index (κ1) is 23.1. The van der Waals surface area contributed by atoms with E-state index >= 15 is 0 Å². The highest BCUT2D eigenvalue weighted by molar-refractivity contribution is 5.96. The van der Waals surface area contributed by atoms with Gasteiger partial charge in [-0.1, -0.05) is 18.2 Å². The minimum Gasteiger partial charge on any atom is -0.493 e. The monoisotopic (exact) mass is 416 g/mol. The molecule has 0 saturated heterocycles. The minimum absolute atomic E-state index is 0.00252. The summed E-state index contributed by atoms with van der Waals surface area (Å²) >= 11 is 0. The van der Waals surface area contributed by atoms with Crippen LogP contribution in [-0.2, 0) is 14.3 Å². The number of rotatable bonds is 9. The molecule has 30 heavy (non-hydrogen) atoms. The zero-order chi connectivity index (χ0) is 22.1. The second kappa shape index (κ2) is 11.1. The van der Waals surface area contributed by atoms with Crippen LogP contribution in [0.2, 0.25) is 0 Å². The van der Waals surface area contributed by atoms with Gasteiger partial charge in [0.1, 0.15) is 6.73 Å². The molecule has 2 aromatic rings. The predicted molar refractivity (Wildman–Crippen MR) is 115 cm³/mol. The van der Waals surface area contributed by atoms with Gasteiger partial charge in [0.05, 0.1) is 26.5 Å². The number of para-hydroxylation sites is 1. The summed E-state index contributed by atoms with van der Waals surface area (Å²) in [5.41, 5.74) is 2.70. The van der Waals surface area contributed by atoms with E-state index < -0.39 is 6.09 Å². The van der Waals surface area contributed by atoms with Crippen LogP contribution in [0.15, 0.2) is 42.5 Å². The largest absolute Gasteiger partial charge is 0.493 e. The van der Waals surface area contributed by atoms with Gasteiger partial charge in [-0.3, -0.25) is 4.90 Å². The van der Waals surface area contributed by atoms with Crippen LogP contribution in [0.1, 0.15) is 25.0 Å². The van der Waals surface area contributed by atoms with Crippen LogP contribution >= 0.6 is 0 Å². The van der Waals surface area contributed by atoms with Crippen LogP contribution in [0.25, 0.3) is 11.3 Å². The molecule has 0 saturated carbocycles. The zero-order valence-electron chi connectivity index (χ0n) is 17.9. The van der Waals surface area contributed by atoms with Crippen molar-refractivity contribution in [2.45, 2.75) is 13.8 Å². The molecule has 1 amide bonds. The van der Waals surface area contributed by atoms with Crippen LogP contribution in [-0.4, -0.2) is 40.8 Å². The van der Waals surface area contributed by atoms with Gasteiger partial charge in [-0.05, 0) is 43.7 Å². The minimum atomic E-state index is -0.568. The second-order valence-electron chi connectivity index (χ2n) is 6.20. The molecule has 0 bridgehead atoms. The van der Waals surface area contributed by atoms with E-state index in [0.29, 0.717) is 35.1 Å². The lowest BCUT2D eigenvalue weighted by atomic mass is 10.0. The van der Waals surface area contributed by atoms with Gasteiger partial charge in [0.15, 0.2) is 17.3 Å². The molecule has 2 rings (SSSR count). The first-order valence-electron chi connectivity index (χ1n) is 9.34. The molecule has 0 aliphatic heterocycles. The van der Waals surface area contributed by atoms with Gasteiger partial charge >= 0.3 is 6.09 Å². The van der Waals surface area contributed by atoms with Crippen molar-refractivity contribution in [2.24, 2.45) is 5.90 Å². The standard InChI is InChI=1S/C22H28N2O6/c1-6-29-19-12-11-16(13-20(19)27-4)15(2)21(30-23)17-9-7-8-10-18(17)24(14-26-3)22(25)28-5/h7-13H,6,14,23H2,1-5H3/b21-15+. The van der Waals surface area contributed by atoms with Crippen molar-refractivity contribution in [3.63, 3.8) is 0 Å². The summed E-state index contributed by atoms with van der Waals surface area (Å²) in [6, 6.07) is 12.7. The molecule has 0 radical (unpaired) electrons. The number of nitrogens with zero attached hydrogens (tertiary/aromatic N) is 1. The molecule has 8 heteroatoms. The van der Waals surface area contributed by atoms with Gasteiger partial charge in [-0.15, -0.1) is 0 Å². The number of methoxy groups -OCH3 is 3. The van der Waals surface area contributed by atoms with E-state index in [1.54, 1.807) is 25.3 Å². The van der Waals surface area contributed by atoms with Gasteiger partial charge in [0.25, 0.3) is 0 Å². The molecule has 162 valence electrons. The van der Waals surface area contributed by atoms with Crippen molar-refractivity contribution in [1.29, 1.82) is 0 Å². The highest BCUT2D eigenvalue weighted by Gasteiger charge is 2.23. The zero-order valence-corrected chi connectivity index (χ0v) is 17.9. The number of carbonyl (C=O) groups excluding carboxylic acids is 1. The van der Waals surface area contributed by atoms with Gasteiger partial charge in [0.2, 0.25) is 0 Å². The van der Waals surface area contributed by atoms with E-state index in [1.807, 2.05) is 38.1 Å². The summed E-state index contributed by atoms with van der Waals surface area (Å²) in [5, 5.41) is 0. The maximum Gasteiger partial charge on any atom is 0.415 e. The Morgan fingerprint density at radius 1 is 1.07 bits per heavy atom. The molecule has 8 nitrogen and oxygen atoms in total. The number of benzene rings is 2. The molecular formula is C22H28N2O6. The summed E-state index contributed by atoms with van der Waals surface area (Å²) in [7, 11) is 4.38. The third kappa shape index (κ3) is 5.03. The Morgan fingerprint density at radius 2 is 1.80 bits per heavy atom. The number of amides is 1. The number of carbonyl (C=O) groups is 1. The fraction of sp³-hybridized carbons (Fsp3) is 0.318. The Hall–Kier alpha value is -3.23. The van der Waals surface area contributed by atoms with Crippen molar-refractivity contribution >= 4 is 23.1 Å². The summed E-state index contributed by atoms with van der Waals surface area (Å²) in [4.78, 5) is 18.9. The molecule has 0 fully saturated rings. The SMILES string of the molecule is CCOc1ccc(/C(C)=C(/ON)c2ccccc2N(COC)C(=O)OC)cc1OC. The van der Waals surface area contributed by atoms with E-state index in [2.05, 4.69) is 0 Å². The number of allylic oxidation sites excluding steroid dienone is 1. The molecule has 0 aromatic heterocycles. The van der Waals surface area contributed by atoms with Crippen LogP contribution in [0, 0.1) is 0 Å². The van der Waals surface area contributed by atoms with E-state index in [0.717, 1.165) is 11.1 Å². The Morgan fingerprint density at radius 3 is 2.40 bits per heavy atom. The first-order chi connectivity index (χ1) is 14.5. The summed E-state index contributed by atoms with van der Waals surface area (Å²) in [6.45, 7) is 4.30. The Labute approximate surface area is 176 Å². The van der Waals surface area contributed by atoms with Crippen molar-refractivity contribution in [1.82, 2.24) is 0 Å². The number of anilines is 1. The van der Waals surface area contributed by atoms with Crippen LogP contribution in [0.4, 0.5) is 10.5 Å². The fourth-order valence-electron chi connectivity index (χ4n) is 3.02. The lowest BCUT2D eigenvalue weighted by molar-refractivity contribution is 0.153. The van der Waals surface area contributed by atoms with Gasteiger partial charge < -0.3 is 23.8 Å². The molecule has 0 aliphatic rings. The summed E-state index contributed by atoms with van der Waals surface area (Å²) < 4.78 is 21.1. The van der Waals surface area contributed by atoms with E-state index in [1.165, 1.54) is 19.1 Å². The lowest BCUT2D eigenvalue weighted by Crippen LogP contribution is -2.33. The Bertz CT molecular complexity index is 897. The average Bonchev–Trinajstić information content (AvgIpc) is 2.78. The Kier molecular flexibility index (Phi) is 8.52. The number of hydrogen-bond acceptors (Lipinski definition) is 7. The average molecular weight is 416 g/mol. The van der Waals surface area contributed by atoms with E-state index in [4.69, 9.17) is 29.7 Å². The molecule has 2 N–H and O–H groups in total. The van der Waals surface area contributed by atoms with Crippen molar-refractivity contribution in [3.05, 3.63) is 53.6 Å². The smallest absolute Gasteiger partial charge is 0.415 e. The molecular weight excluding hydrogens is 388 g/mol. The van der Waals surface area contributed by atoms with Crippen molar-refractivity contribution in [2.75, 3.05) is 39.6 Å². The normalized spacial score (nSPS) is 11.4. The molecule has 0 atom stereocenters. The van der Waals surface area contributed by atoms with Crippen LogP contribution in [0.3, 0.4) is 0 Å². The molecule has 0 heterocycles. The third-order valence-corrected chi connectivity index (χ3v) is 4.45. The maximum atomic E-state index is 12.3. The van der Waals surface area contributed by atoms with Gasteiger partial charge in [0, 0.05) is 18.2 Å². The first-order valence-corrected chi connectivity index (χ1v) is 9.34. The van der Waals surface area contributed by atoms with E-state index in [-0.39, 0.29) is 6.73 Å². The second-order valence-corrected chi connectivity index (χ2v) is 6.20. The third-order valence-electron chi connectivity index (χ3n) is 4.45. The quantitative estimate of drug-likeness (QED) is 0.285. The van der Waals surface area contributed by atoms with Crippen LogP contribution < -0.4 is 20.3 Å². The van der Waals surface area contributed by atoms with Gasteiger partial charge in [-0.25, -0.2) is 4.79 Å². The van der Waals surface area contributed by atoms with Gasteiger partial charge in [-0.2, -0.15) is 5.90 Å². The van der Waals surface area contributed by atoms with Crippen molar-refractivity contribution < 1.29 is 28.6 Å². The molecule has 0 aliphatic carbocycles. The highest BCUT2D eigenvalue weighted by Crippen LogP contribution is 2.36. The molecule has 0 spiro atoms. The summed E-state index contributed by atoms with van der Waals surface area (Å²) in [6.07, 6.45) is -0.568. The topological polar surface area (TPSA) is 92.5 Å². The predicted octanol–water partition coefficient (Wildman–Crippen LogP) is 4.05. The molecule has 0 unspecified atom stereocenters. The lowest BCUT2D eigenvalue weighted by Gasteiger charge is -2.24.